The van der Waals surface area contributed by atoms with Crippen molar-refractivity contribution in [2.75, 3.05) is 7.11 Å². The van der Waals surface area contributed by atoms with E-state index >= 15 is 0 Å². The lowest BCUT2D eigenvalue weighted by Gasteiger charge is -2.33. The number of halogens is 1. The highest BCUT2D eigenvalue weighted by Gasteiger charge is 2.37. The van der Waals surface area contributed by atoms with Crippen molar-refractivity contribution in [2.45, 2.75) is 37.4 Å². The second-order valence-corrected chi connectivity index (χ2v) is 5.24. The monoisotopic (exact) mass is 264 g/mol. The Hall–Kier alpha value is -1.39. The summed E-state index contributed by atoms with van der Waals surface area (Å²) < 4.78 is 24.5. The van der Waals surface area contributed by atoms with Gasteiger partial charge in [0.1, 0.15) is 11.4 Å². The molecule has 102 valence electrons. The maximum absolute atomic E-state index is 13.6. The fourth-order valence-corrected chi connectivity index (χ4v) is 2.81. The predicted molar refractivity (Wildman–Crippen MR) is 69.3 cm³/mol. The van der Waals surface area contributed by atoms with Crippen molar-refractivity contribution in [1.29, 1.82) is 0 Å². The van der Waals surface area contributed by atoms with E-state index in [1.807, 2.05) is 0 Å². The first-order chi connectivity index (χ1) is 9.12. The molecule has 3 nitrogen and oxygen atoms in total. The summed E-state index contributed by atoms with van der Waals surface area (Å²) in [5.41, 5.74) is -0.777. The standard InChI is InChI=1S/C15H17FO3/c1-18-11-5-7-15(17,8-6-11)13-9-10-3-2-4-12(16)14(10)19-13/h2-4,9,11,17H,5-8H2,1H3. The van der Waals surface area contributed by atoms with Gasteiger partial charge < -0.3 is 14.3 Å². The van der Waals surface area contributed by atoms with Crippen LogP contribution < -0.4 is 0 Å². The highest BCUT2D eigenvalue weighted by atomic mass is 19.1. The van der Waals surface area contributed by atoms with Crippen LogP contribution in [0.5, 0.6) is 0 Å². The van der Waals surface area contributed by atoms with Crippen LogP contribution in [0.15, 0.2) is 28.7 Å². The van der Waals surface area contributed by atoms with E-state index in [2.05, 4.69) is 0 Å². The van der Waals surface area contributed by atoms with Crippen LogP contribution in [0.4, 0.5) is 4.39 Å². The van der Waals surface area contributed by atoms with Crippen molar-refractivity contribution in [2.24, 2.45) is 0 Å². The van der Waals surface area contributed by atoms with Crippen LogP contribution in [0.2, 0.25) is 0 Å². The van der Waals surface area contributed by atoms with E-state index in [9.17, 15) is 9.50 Å². The molecule has 1 aromatic carbocycles. The molecule has 3 rings (SSSR count). The quantitative estimate of drug-likeness (QED) is 0.904. The van der Waals surface area contributed by atoms with Crippen LogP contribution in [0.1, 0.15) is 31.4 Å². The van der Waals surface area contributed by atoms with Crippen LogP contribution in [-0.2, 0) is 10.3 Å². The van der Waals surface area contributed by atoms with E-state index in [0.29, 0.717) is 24.0 Å². The van der Waals surface area contributed by atoms with Crippen LogP contribution in [-0.4, -0.2) is 18.3 Å². The van der Waals surface area contributed by atoms with Crippen molar-refractivity contribution in [3.63, 3.8) is 0 Å². The third-order valence-corrected chi connectivity index (χ3v) is 4.05. The summed E-state index contributed by atoms with van der Waals surface area (Å²) >= 11 is 0. The summed E-state index contributed by atoms with van der Waals surface area (Å²) in [5, 5.41) is 11.4. The van der Waals surface area contributed by atoms with Crippen molar-refractivity contribution < 1.29 is 18.7 Å². The van der Waals surface area contributed by atoms with Gasteiger partial charge in [0.25, 0.3) is 0 Å². The third-order valence-electron chi connectivity index (χ3n) is 4.05. The molecule has 19 heavy (non-hydrogen) atoms. The van der Waals surface area contributed by atoms with E-state index in [-0.39, 0.29) is 11.7 Å². The highest BCUT2D eigenvalue weighted by Crippen LogP contribution is 2.40. The number of rotatable bonds is 2. The largest absolute Gasteiger partial charge is 0.455 e. The molecule has 0 radical (unpaired) electrons. The minimum Gasteiger partial charge on any atom is -0.455 e. The van der Waals surface area contributed by atoms with Gasteiger partial charge in [0.05, 0.1) is 6.10 Å². The van der Waals surface area contributed by atoms with Crippen LogP contribution in [0.25, 0.3) is 11.0 Å². The number of benzene rings is 1. The molecule has 0 spiro atoms. The van der Waals surface area contributed by atoms with Gasteiger partial charge in [0, 0.05) is 12.5 Å². The van der Waals surface area contributed by atoms with Gasteiger partial charge in [-0.15, -0.1) is 0 Å². The maximum Gasteiger partial charge on any atom is 0.170 e. The van der Waals surface area contributed by atoms with Crippen molar-refractivity contribution in [1.82, 2.24) is 0 Å². The molecular weight excluding hydrogens is 247 g/mol. The molecular formula is C15H17FO3. The fourth-order valence-electron chi connectivity index (χ4n) is 2.81. The summed E-state index contributed by atoms with van der Waals surface area (Å²) in [5.74, 6) is 0.0695. The van der Waals surface area contributed by atoms with Gasteiger partial charge in [-0.25, -0.2) is 4.39 Å². The Labute approximate surface area is 111 Å². The van der Waals surface area contributed by atoms with Gasteiger partial charge in [0.15, 0.2) is 11.4 Å². The van der Waals surface area contributed by atoms with Gasteiger partial charge in [-0.05, 0) is 37.8 Å². The number of methoxy groups -OCH3 is 1. The molecule has 1 aliphatic carbocycles. The summed E-state index contributed by atoms with van der Waals surface area (Å²) in [6, 6.07) is 6.53. The molecule has 0 bridgehead atoms. The smallest absolute Gasteiger partial charge is 0.170 e. The Morgan fingerprint density at radius 1 is 1.37 bits per heavy atom. The van der Waals surface area contributed by atoms with E-state index < -0.39 is 11.4 Å². The van der Waals surface area contributed by atoms with Gasteiger partial charge in [-0.3, -0.25) is 0 Å². The Morgan fingerprint density at radius 2 is 2.11 bits per heavy atom. The molecule has 2 aromatic rings. The fraction of sp³-hybridized carbons (Fsp3) is 0.467. The minimum atomic E-state index is -1.000. The zero-order valence-electron chi connectivity index (χ0n) is 10.9. The predicted octanol–water partition coefficient (Wildman–Crippen LogP) is 3.35. The van der Waals surface area contributed by atoms with Gasteiger partial charge in [-0.1, -0.05) is 12.1 Å². The molecule has 1 aliphatic rings. The van der Waals surface area contributed by atoms with Gasteiger partial charge in [-0.2, -0.15) is 0 Å². The molecule has 0 atom stereocenters. The number of ether oxygens (including phenoxy) is 1. The SMILES string of the molecule is COC1CCC(O)(c2cc3cccc(F)c3o2)CC1. The third kappa shape index (κ3) is 2.15. The van der Waals surface area contributed by atoms with Crippen LogP contribution in [0, 0.1) is 5.82 Å². The molecule has 0 aliphatic heterocycles. The molecule has 1 fully saturated rings. The molecule has 0 unspecified atom stereocenters. The van der Waals surface area contributed by atoms with Gasteiger partial charge in [0.2, 0.25) is 0 Å². The summed E-state index contributed by atoms with van der Waals surface area (Å²) in [7, 11) is 1.69. The Kier molecular flexibility index (Phi) is 3.07. The molecule has 0 saturated heterocycles. The Bertz CT molecular complexity index is 582. The zero-order chi connectivity index (χ0) is 13.5. The minimum absolute atomic E-state index is 0.196. The van der Waals surface area contributed by atoms with E-state index in [1.54, 1.807) is 25.3 Å². The second-order valence-electron chi connectivity index (χ2n) is 5.24. The zero-order valence-corrected chi connectivity index (χ0v) is 10.9. The molecule has 1 saturated carbocycles. The van der Waals surface area contributed by atoms with Crippen LogP contribution >= 0.6 is 0 Å². The first-order valence-corrected chi connectivity index (χ1v) is 6.56. The lowest BCUT2D eigenvalue weighted by atomic mass is 9.81. The molecule has 1 N–H and O–H groups in total. The summed E-state index contributed by atoms with van der Waals surface area (Å²) in [4.78, 5) is 0. The lowest BCUT2D eigenvalue weighted by Crippen LogP contribution is -2.33. The Balaban J connectivity index is 1.93. The second kappa shape index (κ2) is 4.62. The first-order valence-electron chi connectivity index (χ1n) is 6.56. The number of fused-ring (bicyclic) bond motifs is 1. The van der Waals surface area contributed by atoms with Crippen molar-refractivity contribution in [3.8, 4) is 0 Å². The maximum atomic E-state index is 13.6. The normalized spacial score (nSPS) is 27.8. The van der Waals surface area contributed by atoms with Crippen molar-refractivity contribution >= 4 is 11.0 Å². The summed E-state index contributed by atoms with van der Waals surface area (Å²) in [6.45, 7) is 0. The highest BCUT2D eigenvalue weighted by molar-refractivity contribution is 5.78. The lowest BCUT2D eigenvalue weighted by molar-refractivity contribution is -0.0592. The van der Waals surface area contributed by atoms with Crippen molar-refractivity contribution in [3.05, 3.63) is 35.8 Å². The number of furan rings is 1. The molecule has 4 heteroatoms. The first kappa shape index (κ1) is 12.6. The molecule has 1 heterocycles. The summed E-state index contributed by atoms with van der Waals surface area (Å²) in [6.07, 6.45) is 2.92. The number of para-hydroxylation sites is 1. The van der Waals surface area contributed by atoms with E-state index in [1.165, 1.54) is 6.07 Å². The Morgan fingerprint density at radius 3 is 2.74 bits per heavy atom. The molecule has 0 amide bonds. The number of hydrogen-bond acceptors (Lipinski definition) is 3. The average Bonchev–Trinajstić information content (AvgIpc) is 2.86. The number of aliphatic hydroxyl groups is 1. The van der Waals surface area contributed by atoms with E-state index in [0.717, 1.165) is 12.8 Å². The molecule has 1 aromatic heterocycles. The topological polar surface area (TPSA) is 42.6 Å². The average molecular weight is 264 g/mol. The van der Waals surface area contributed by atoms with Gasteiger partial charge >= 0.3 is 0 Å². The number of hydrogen-bond donors (Lipinski definition) is 1. The van der Waals surface area contributed by atoms with Crippen LogP contribution in [0.3, 0.4) is 0 Å². The van der Waals surface area contributed by atoms with E-state index in [4.69, 9.17) is 9.15 Å².